The van der Waals surface area contributed by atoms with E-state index in [1.165, 1.54) is 4.88 Å². The number of unbranched alkanes of at least 4 members (excludes halogenated alkanes) is 2. The van der Waals surface area contributed by atoms with Crippen LogP contribution in [0, 0.1) is 17.2 Å². The Kier molecular flexibility index (Phi) is 6.52. The summed E-state index contributed by atoms with van der Waals surface area (Å²) in [6, 6.07) is 9.54. The highest BCUT2D eigenvalue weighted by Crippen LogP contribution is 2.39. The minimum atomic E-state index is -0.197. The highest BCUT2D eigenvalue weighted by molar-refractivity contribution is 7.16. The number of nitrogens with zero attached hydrogens (tertiary/aromatic N) is 1. The van der Waals surface area contributed by atoms with Crippen LogP contribution < -0.4 is 10.1 Å². The maximum absolute atomic E-state index is 12.7. The van der Waals surface area contributed by atoms with E-state index >= 15 is 0 Å². The summed E-state index contributed by atoms with van der Waals surface area (Å²) < 4.78 is 5.74. The Morgan fingerprint density at radius 3 is 3.04 bits per heavy atom. The molecule has 0 fully saturated rings. The summed E-state index contributed by atoms with van der Waals surface area (Å²) in [6.45, 7) is 5.05. The van der Waals surface area contributed by atoms with Crippen molar-refractivity contribution in [2.24, 2.45) is 5.92 Å². The van der Waals surface area contributed by atoms with Gasteiger partial charge in [-0.3, -0.25) is 4.79 Å². The molecule has 142 valence electrons. The van der Waals surface area contributed by atoms with Gasteiger partial charge < -0.3 is 10.1 Å². The molecule has 5 heteroatoms. The molecular formula is C22H26N2O2S. The van der Waals surface area contributed by atoms with Crippen LogP contribution in [0.4, 0.5) is 5.00 Å². The monoisotopic (exact) mass is 382 g/mol. The van der Waals surface area contributed by atoms with E-state index in [1.54, 1.807) is 23.5 Å². The molecule has 0 spiro atoms. The Balaban J connectivity index is 1.72. The first kappa shape index (κ1) is 19.4. The van der Waals surface area contributed by atoms with Crippen LogP contribution in [0.25, 0.3) is 0 Å². The van der Waals surface area contributed by atoms with Gasteiger partial charge in [0.05, 0.1) is 12.2 Å². The van der Waals surface area contributed by atoms with Crippen molar-refractivity contribution < 1.29 is 9.53 Å². The Morgan fingerprint density at radius 2 is 2.26 bits per heavy atom. The van der Waals surface area contributed by atoms with Crippen LogP contribution in [0.2, 0.25) is 0 Å². The van der Waals surface area contributed by atoms with Crippen molar-refractivity contribution in [2.45, 2.75) is 52.4 Å². The predicted molar refractivity (Wildman–Crippen MR) is 110 cm³/mol. The lowest BCUT2D eigenvalue weighted by Crippen LogP contribution is -2.12. The Hall–Kier alpha value is -2.32. The molecule has 1 aromatic heterocycles. The minimum Gasteiger partial charge on any atom is -0.494 e. The summed E-state index contributed by atoms with van der Waals surface area (Å²) in [7, 11) is 0. The standard InChI is InChI=1S/C22H26N2O2S/c1-3-4-5-11-26-17-8-6-7-16(13-17)21(25)24-22-19(14-23)18-10-9-15(2)12-20(18)27-22/h6-8,13,15H,3-5,9-12H2,1-2H3,(H,24,25). The van der Waals surface area contributed by atoms with Gasteiger partial charge in [-0.15, -0.1) is 11.3 Å². The van der Waals surface area contributed by atoms with Crippen LogP contribution in [-0.2, 0) is 12.8 Å². The number of nitrogens with one attached hydrogen (secondary N) is 1. The number of thiophene rings is 1. The molecule has 1 heterocycles. The topological polar surface area (TPSA) is 62.1 Å². The quantitative estimate of drug-likeness (QED) is 0.637. The molecule has 1 amide bonds. The average molecular weight is 383 g/mol. The van der Waals surface area contributed by atoms with Gasteiger partial charge in [0, 0.05) is 10.4 Å². The molecule has 1 aliphatic carbocycles. The number of rotatable bonds is 7. The van der Waals surface area contributed by atoms with Gasteiger partial charge in [0.1, 0.15) is 16.8 Å². The molecule has 2 aromatic rings. The number of anilines is 1. The number of ether oxygens (including phenoxy) is 1. The number of hydrogen-bond acceptors (Lipinski definition) is 4. The lowest BCUT2D eigenvalue weighted by atomic mass is 9.88. The second-order valence-electron chi connectivity index (χ2n) is 7.21. The molecule has 0 bridgehead atoms. The van der Waals surface area contributed by atoms with Gasteiger partial charge >= 0.3 is 0 Å². The van der Waals surface area contributed by atoms with E-state index in [0.717, 1.165) is 44.1 Å². The van der Waals surface area contributed by atoms with Crippen LogP contribution in [0.1, 0.15) is 65.9 Å². The molecule has 1 aromatic carbocycles. The smallest absolute Gasteiger partial charge is 0.256 e. The highest BCUT2D eigenvalue weighted by Gasteiger charge is 2.24. The van der Waals surface area contributed by atoms with Crippen LogP contribution in [-0.4, -0.2) is 12.5 Å². The molecular weight excluding hydrogens is 356 g/mol. The number of amides is 1. The third kappa shape index (κ3) is 4.70. The van der Waals surface area contributed by atoms with Crippen LogP contribution in [0.5, 0.6) is 5.75 Å². The van der Waals surface area contributed by atoms with Gasteiger partial charge in [-0.1, -0.05) is 32.8 Å². The van der Waals surface area contributed by atoms with E-state index in [2.05, 4.69) is 25.2 Å². The second kappa shape index (κ2) is 9.05. The van der Waals surface area contributed by atoms with E-state index in [1.807, 2.05) is 12.1 Å². The van der Waals surface area contributed by atoms with Gasteiger partial charge in [0.15, 0.2) is 0 Å². The zero-order valence-corrected chi connectivity index (χ0v) is 16.8. The number of nitriles is 1. The van der Waals surface area contributed by atoms with Gasteiger partial charge in [-0.2, -0.15) is 5.26 Å². The molecule has 0 saturated carbocycles. The van der Waals surface area contributed by atoms with E-state index in [4.69, 9.17) is 4.74 Å². The number of fused-ring (bicyclic) bond motifs is 1. The molecule has 3 rings (SSSR count). The maximum Gasteiger partial charge on any atom is 0.256 e. The lowest BCUT2D eigenvalue weighted by molar-refractivity contribution is 0.102. The molecule has 1 unspecified atom stereocenters. The summed E-state index contributed by atoms with van der Waals surface area (Å²) >= 11 is 1.55. The summed E-state index contributed by atoms with van der Waals surface area (Å²) in [6.07, 6.45) is 6.31. The predicted octanol–water partition coefficient (Wildman–Crippen LogP) is 5.57. The number of carbonyl (C=O) groups is 1. The molecule has 4 nitrogen and oxygen atoms in total. The molecule has 0 aliphatic heterocycles. The van der Waals surface area contributed by atoms with Gasteiger partial charge in [0.2, 0.25) is 0 Å². The molecule has 1 N–H and O–H groups in total. The van der Waals surface area contributed by atoms with Crippen molar-refractivity contribution in [3.8, 4) is 11.8 Å². The maximum atomic E-state index is 12.7. The van der Waals surface area contributed by atoms with Crippen LogP contribution in [0.3, 0.4) is 0 Å². The third-order valence-electron chi connectivity index (χ3n) is 4.96. The van der Waals surface area contributed by atoms with Crippen molar-refractivity contribution in [3.63, 3.8) is 0 Å². The van der Waals surface area contributed by atoms with Crippen molar-refractivity contribution in [2.75, 3.05) is 11.9 Å². The first-order valence-corrected chi connectivity index (χ1v) is 10.5. The average Bonchev–Trinajstić information content (AvgIpc) is 3.01. The summed E-state index contributed by atoms with van der Waals surface area (Å²) in [5, 5.41) is 13.2. The zero-order chi connectivity index (χ0) is 19.2. The Bertz CT molecular complexity index is 850. The van der Waals surface area contributed by atoms with Gasteiger partial charge in [-0.25, -0.2) is 0 Å². The number of hydrogen-bond donors (Lipinski definition) is 1. The molecule has 1 atom stereocenters. The first-order valence-electron chi connectivity index (χ1n) is 9.71. The molecule has 0 radical (unpaired) electrons. The summed E-state index contributed by atoms with van der Waals surface area (Å²) in [4.78, 5) is 14.0. The normalized spacial score (nSPS) is 15.7. The molecule has 27 heavy (non-hydrogen) atoms. The van der Waals surface area contributed by atoms with Crippen LogP contribution in [0.15, 0.2) is 24.3 Å². The lowest BCUT2D eigenvalue weighted by Gasteiger charge is -2.17. The largest absolute Gasteiger partial charge is 0.494 e. The highest BCUT2D eigenvalue weighted by atomic mass is 32.1. The van der Waals surface area contributed by atoms with E-state index in [-0.39, 0.29) is 5.91 Å². The Labute approximate surface area is 165 Å². The van der Waals surface area contributed by atoms with Gasteiger partial charge in [-0.05, 0) is 55.4 Å². The van der Waals surface area contributed by atoms with Crippen molar-refractivity contribution >= 4 is 22.2 Å². The number of carbonyl (C=O) groups excluding carboxylic acids is 1. The second-order valence-corrected chi connectivity index (χ2v) is 8.31. The van der Waals surface area contributed by atoms with Gasteiger partial charge in [0.25, 0.3) is 5.91 Å². The fraction of sp³-hybridized carbons (Fsp3) is 0.455. The van der Waals surface area contributed by atoms with Crippen molar-refractivity contribution in [3.05, 3.63) is 45.8 Å². The van der Waals surface area contributed by atoms with Crippen molar-refractivity contribution in [1.82, 2.24) is 0 Å². The molecule has 1 aliphatic rings. The number of benzene rings is 1. The fourth-order valence-corrected chi connectivity index (χ4v) is 4.76. The first-order chi connectivity index (χ1) is 13.1. The minimum absolute atomic E-state index is 0.197. The molecule has 0 saturated heterocycles. The fourth-order valence-electron chi connectivity index (χ4n) is 3.40. The third-order valence-corrected chi connectivity index (χ3v) is 6.13. The van der Waals surface area contributed by atoms with Crippen molar-refractivity contribution in [1.29, 1.82) is 5.26 Å². The summed E-state index contributed by atoms with van der Waals surface area (Å²) in [5.74, 6) is 1.14. The van der Waals surface area contributed by atoms with E-state index < -0.39 is 0 Å². The SMILES string of the molecule is CCCCCOc1cccc(C(=O)Nc2sc3c(c2C#N)CCC(C)C3)c1. The zero-order valence-electron chi connectivity index (χ0n) is 16.0. The van der Waals surface area contributed by atoms with E-state index in [9.17, 15) is 10.1 Å². The van der Waals surface area contributed by atoms with E-state index in [0.29, 0.717) is 34.4 Å². The summed E-state index contributed by atoms with van der Waals surface area (Å²) in [5.41, 5.74) is 2.32. The van der Waals surface area contributed by atoms with Crippen LogP contribution >= 0.6 is 11.3 Å². The Morgan fingerprint density at radius 1 is 1.41 bits per heavy atom.